The Morgan fingerprint density at radius 2 is 1.91 bits per heavy atom. The molecule has 0 aliphatic carbocycles. The maximum Gasteiger partial charge on any atom is 0.294 e. The van der Waals surface area contributed by atoms with Gasteiger partial charge in [0, 0.05) is 12.2 Å². The van der Waals surface area contributed by atoms with Gasteiger partial charge in [0.25, 0.3) is 10.1 Å². The van der Waals surface area contributed by atoms with Crippen LogP contribution >= 0.6 is 0 Å². The zero-order chi connectivity index (χ0) is 17.6. The van der Waals surface area contributed by atoms with Crippen LogP contribution in [0.2, 0.25) is 0 Å². The maximum atomic E-state index is 13.0. The van der Waals surface area contributed by atoms with Crippen LogP contribution in [0.15, 0.2) is 41.4 Å². The van der Waals surface area contributed by atoms with Crippen LogP contribution in [0.4, 0.5) is 4.39 Å². The molecule has 6 nitrogen and oxygen atoms in total. The molecule has 2 rings (SSSR count). The summed E-state index contributed by atoms with van der Waals surface area (Å²) in [6.45, 7) is 3.48. The number of hydrogen-bond acceptors (Lipinski definition) is 5. The van der Waals surface area contributed by atoms with Crippen molar-refractivity contribution in [1.29, 1.82) is 5.26 Å². The number of halogens is 1. The van der Waals surface area contributed by atoms with Crippen LogP contribution in [-0.2, 0) is 10.1 Å². The zero-order valence-corrected chi connectivity index (χ0v) is 13.4. The summed E-state index contributed by atoms with van der Waals surface area (Å²) in [6.07, 6.45) is 1.31. The van der Waals surface area contributed by atoms with E-state index < -0.39 is 22.0 Å². The van der Waals surface area contributed by atoms with Gasteiger partial charge in [0.15, 0.2) is 0 Å². The van der Waals surface area contributed by atoms with Crippen LogP contribution in [0.3, 0.4) is 0 Å². The summed E-state index contributed by atoms with van der Waals surface area (Å²) in [6, 6.07) is 8.46. The number of benzene rings is 1. The minimum absolute atomic E-state index is 0.0666. The summed E-state index contributed by atoms with van der Waals surface area (Å²) >= 11 is 0. The van der Waals surface area contributed by atoms with E-state index in [1.807, 2.05) is 6.92 Å². The van der Waals surface area contributed by atoms with E-state index in [2.05, 4.69) is 4.98 Å². The Kier molecular flexibility index (Phi) is 6.33. The summed E-state index contributed by atoms with van der Waals surface area (Å²) in [4.78, 5) is 3.66. The summed E-state index contributed by atoms with van der Waals surface area (Å²) in [5.74, 6) is -0.524. The lowest BCUT2D eigenvalue weighted by Gasteiger charge is -2.04. The molecule has 1 aromatic heterocycles. The van der Waals surface area contributed by atoms with E-state index in [9.17, 15) is 12.8 Å². The maximum absolute atomic E-state index is 13.0. The summed E-state index contributed by atoms with van der Waals surface area (Å²) in [5.41, 5.74) is 6.77. The van der Waals surface area contributed by atoms with E-state index in [0.717, 1.165) is 11.6 Å². The topological polar surface area (TPSA) is 117 Å². The first-order chi connectivity index (χ1) is 10.6. The Labute approximate surface area is 134 Å². The van der Waals surface area contributed by atoms with Crippen LogP contribution in [0.1, 0.15) is 29.8 Å². The monoisotopic (exact) mass is 337 g/mol. The molecule has 0 spiro atoms. The second-order valence-corrected chi connectivity index (χ2v) is 6.20. The smallest absolute Gasteiger partial charge is 0.294 e. The average molecular weight is 337 g/mol. The van der Waals surface area contributed by atoms with Gasteiger partial charge in [-0.1, -0.05) is 17.7 Å². The first-order valence-electron chi connectivity index (χ1n) is 6.50. The molecule has 0 saturated carbocycles. The molecule has 0 bridgehead atoms. The predicted molar refractivity (Wildman–Crippen MR) is 82.5 cm³/mol. The van der Waals surface area contributed by atoms with E-state index in [-0.39, 0.29) is 16.2 Å². The number of rotatable bonds is 2. The molecule has 8 heteroatoms. The van der Waals surface area contributed by atoms with Crippen LogP contribution in [0.25, 0.3) is 0 Å². The summed E-state index contributed by atoms with van der Waals surface area (Å²) in [5, 5.41) is 8.40. The number of aromatic nitrogens is 1. The van der Waals surface area contributed by atoms with Crippen molar-refractivity contribution in [2.75, 3.05) is 0 Å². The summed E-state index contributed by atoms with van der Waals surface area (Å²) < 4.78 is 42.5. The highest BCUT2D eigenvalue weighted by Crippen LogP contribution is 2.12. The molecule has 23 heavy (non-hydrogen) atoms. The molecule has 3 N–H and O–H groups in total. The van der Waals surface area contributed by atoms with E-state index >= 15 is 0 Å². The van der Waals surface area contributed by atoms with Gasteiger partial charge in [-0.15, -0.1) is 0 Å². The fourth-order valence-electron chi connectivity index (χ4n) is 1.55. The minimum Gasteiger partial charge on any atom is -0.323 e. The lowest BCUT2D eigenvalue weighted by molar-refractivity contribution is 0.483. The third-order valence-electron chi connectivity index (χ3n) is 2.75. The van der Waals surface area contributed by atoms with Crippen molar-refractivity contribution in [3.05, 3.63) is 59.2 Å². The Bertz CT molecular complexity index is 813. The normalized spacial score (nSPS) is 11.8. The largest absolute Gasteiger partial charge is 0.323 e. The van der Waals surface area contributed by atoms with Crippen LogP contribution in [-0.4, -0.2) is 18.0 Å². The fraction of sp³-hybridized carbons (Fsp3) is 0.200. The molecule has 0 unspecified atom stereocenters. The predicted octanol–water partition coefficient (Wildman–Crippen LogP) is 2.35. The fourth-order valence-corrected chi connectivity index (χ4v) is 2.03. The molecule has 1 atom stereocenters. The molecule has 0 fully saturated rings. The zero-order valence-electron chi connectivity index (χ0n) is 12.6. The number of nitrogens with two attached hydrogens (primary N) is 1. The molecule has 1 heterocycles. The molecular formula is C15H16FN3O3S. The van der Waals surface area contributed by atoms with Crippen molar-refractivity contribution in [3.63, 3.8) is 0 Å². The molecular weight excluding hydrogens is 321 g/mol. The Morgan fingerprint density at radius 1 is 1.35 bits per heavy atom. The number of nitriles is 1. The highest BCUT2D eigenvalue weighted by molar-refractivity contribution is 7.85. The summed E-state index contributed by atoms with van der Waals surface area (Å²) in [7, 11) is -4.02. The first kappa shape index (κ1) is 18.7. The SMILES string of the molecule is C[C@@H](N)c1ncc(C#N)cc1F.Cc1ccc(S(=O)(=O)O)cc1. The van der Waals surface area contributed by atoms with E-state index in [0.29, 0.717) is 0 Å². The lowest BCUT2D eigenvalue weighted by atomic mass is 10.2. The van der Waals surface area contributed by atoms with Gasteiger partial charge < -0.3 is 5.73 Å². The van der Waals surface area contributed by atoms with Crippen molar-refractivity contribution >= 4 is 10.1 Å². The highest BCUT2D eigenvalue weighted by atomic mass is 32.2. The van der Waals surface area contributed by atoms with Gasteiger partial charge in [0.2, 0.25) is 0 Å². The van der Waals surface area contributed by atoms with Gasteiger partial charge in [-0.3, -0.25) is 9.54 Å². The van der Waals surface area contributed by atoms with Crippen LogP contribution in [0.5, 0.6) is 0 Å². The van der Waals surface area contributed by atoms with E-state index in [4.69, 9.17) is 15.5 Å². The minimum atomic E-state index is -4.02. The van der Waals surface area contributed by atoms with Crippen molar-refractivity contribution in [2.24, 2.45) is 5.73 Å². The third-order valence-corrected chi connectivity index (χ3v) is 3.62. The number of aryl methyl sites for hydroxylation is 1. The average Bonchev–Trinajstić information content (AvgIpc) is 2.46. The van der Waals surface area contributed by atoms with Gasteiger partial charge >= 0.3 is 0 Å². The molecule has 0 amide bonds. The van der Waals surface area contributed by atoms with E-state index in [1.165, 1.54) is 18.3 Å². The highest BCUT2D eigenvalue weighted by Gasteiger charge is 2.08. The molecule has 0 aliphatic rings. The number of nitrogens with zero attached hydrogens (tertiary/aromatic N) is 2. The molecule has 0 aliphatic heterocycles. The molecule has 1 aromatic carbocycles. The molecule has 0 saturated heterocycles. The Balaban J connectivity index is 0.000000231. The Morgan fingerprint density at radius 3 is 2.30 bits per heavy atom. The van der Waals surface area contributed by atoms with Crippen molar-refractivity contribution in [3.8, 4) is 6.07 Å². The first-order valence-corrected chi connectivity index (χ1v) is 7.94. The molecule has 122 valence electrons. The third kappa shape index (κ3) is 5.75. The Hall–Kier alpha value is -2.34. The van der Waals surface area contributed by atoms with Gasteiger partial charge in [0.05, 0.1) is 16.2 Å². The van der Waals surface area contributed by atoms with Crippen LogP contribution < -0.4 is 5.73 Å². The van der Waals surface area contributed by atoms with Crippen molar-refractivity contribution in [2.45, 2.75) is 24.8 Å². The standard InChI is InChI=1S/C8H8FN3.C7H8O3S/c1-5(11)8-7(9)2-6(3-10)4-12-8;1-6-2-4-7(5-3-6)11(8,9)10/h2,4-5H,11H2,1H3;2-5H,1H3,(H,8,9,10)/t5-;/m1./s1. The quantitative estimate of drug-likeness (QED) is 0.812. The van der Waals surface area contributed by atoms with Gasteiger partial charge in [-0.2, -0.15) is 13.7 Å². The molecule has 2 aromatic rings. The van der Waals surface area contributed by atoms with Crippen molar-refractivity contribution < 1.29 is 17.4 Å². The van der Waals surface area contributed by atoms with Gasteiger partial charge in [0.1, 0.15) is 11.9 Å². The molecule has 0 radical (unpaired) electrons. The second kappa shape index (κ2) is 7.78. The van der Waals surface area contributed by atoms with Crippen LogP contribution in [0, 0.1) is 24.1 Å². The lowest BCUT2D eigenvalue weighted by Crippen LogP contribution is -2.09. The van der Waals surface area contributed by atoms with Gasteiger partial charge in [-0.25, -0.2) is 4.39 Å². The second-order valence-electron chi connectivity index (χ2n) is 4.78. The van der Waals surface area contributed by atoms with Crippen molar-refractivity contribution in [1.82, 2.24) is 4.98 Å². The van der Waals surface area contributed by atoms with E-state index in [1.54, 1.807) is 25.1 Å². The van der Waals surface area contributed by atoms with Gasteiger partial charge in [-0.05, 0) is 32.0 Å². The number of hydrogen-bond donors (Lipinski definition) is 2. The number of pyridine rings is 1.